The molecule has 0 aliphatic carbocycles. The number of rotatable bonds is 4. The molecule has 1 heterocycles. The summed E-state index contributed by atoms with van der Waals surface area (Å²) in [6, 6.07) is 4.25. The maximum atomic E-state index is 13.3. The molecule has 21 heavy (non-hydrogen) atoms. The Morgan fingerprint density at radius 2 is 2.05 bits per heavy atom. The molecule has 116 valence electrons. The van der Waals surface area contributed by atoms with Gasteiger partial charge in [0.25, 0.3) is 0 Å². The monoisotopic (exact) mass is 332 g/mol. The van der Waals surface area contributed by atoms with Gasteiger partial charge in [0, 0.05) is 18.9 Å². The van der Waals surface area contributed by atoms with Crippen molar-refractivity contribution < 1.29 is 12.8 Å². The van der Waals surface area contributed by atoms with Crippen LogP contribution in [0.5, 0.6) is 0 Å². The molecule has 0 radical (unpaired) electrons. The summed E-state index contributed by atoms with van der Waals surface area (Å²) < 4.78 is 38.0. The van der Waals surface area contributed by atoms with Crippen LogP contribution in [0.2, 0.25) is 0 Å². The maximum Gasteiger partial charge on any atom is 0.154 e. The summed E-state index contributed by atoms with van der Waals surface area (Å²) in [5.74, 6) is 0.150. The first-order chi connectivity index (χ1) is 9.53. The fraction of sp³-hybridized carbons (Fsp3) is 0.500. The van der Waals surface area contributed by atoms with Gasteiger partial charge in [0.05, 0.1) is 21.2 Å². The molecule has 0 amide bonds. The Morgan fingerprint density at radius 1 is 1.43 bits per heavy atom. The number of halogens is 2. The summed E-state index contributed by atoms with van der Waals surface area (Å²) >= 11 is 6.14. The van der Waals surface area contributed by atoms with Gasteiger partial charge in [-0.1, -0.05) is 0 Å². The van der Waals surface area contributed by atoms with E-state index < -0.39 is 20.0 Å². The smallest absolute Gasteiger partial charge is 0.154 e. The number of imidazole rings is 1. The number of nitrogens with zero attached hydrogens (tertiary/aromatic N) is 2. The zero-order valence-electron chi connectivity index (χ0n) is 12.4. The van der Waals surface area contributed by atoms with Gasteiger partial charge >= 0.3 is 0 Å². The van der Waals surface area contributed by atoms with Gasteiger partial charge < -0.3 is 4.57 Å². The summed E-state index contributed by atoms with van der Waals surface area (Å²) in [7, 11) is -3.26. The average molecular weight is 333 g/mol. The number of hydrogen-bond donors (Lipinski definition) is 0. The Morgan fingerprint density at radius 3 is 2.57 bits per heavy atom. The van der Waals surface area contributed by atoms with Gasteiger partial charge in [0.2, 0.25) is 0 Å². The van der Waals surface area contributed by atoms with Crippen LogP contribution in [0.3, 0.4) is 0 Å². The third-order valence-electron chi connectivity index (χ3n) is 3.64. The fourth-order valence-electron chi connectivity index (χ4n) is 2.09. The molecule has 7 heteroatoms. The first-order valence-corrected chi connectivity index (χ1v) is 8.85. The Hall–Kier alpha value is -1.14. The summed E-state index contributed by atoms with van der Waals surface area (Å²) in [6.07, 6.45) is 1.20. The van der Waals surface area contributed by atoms with Crippen LogP contribution in [0.4, 0.5) is 4.39 Å². The zero-order chi connectivity index (χ0) is 16.0. The van der Waals surface area contributed by atoms with Gasteiger partial charge in [-0.15, -0.1) is 11.6 Å². The molecule has 0 N–H and O–H groups in total. The van der Waals surface area contributed by atoms with E-state index in [2.05, 4.69) is 4.98 Å². The highest BCUT2D eigenvalue weighted by Gasteiger charge is 2.32. The van der Waals surface area contributed by atoms with Crippen LogP contribution in [0.1, 0.15) is 32.0 Å². The summed E-state index contributed by atoms with van der Waals surface area (Å²) in [4.78, 5) is 4.34. The third kappa shape index (κ3) is 3.06. The van der Waals surface area contributed by atoms with E-state index >= 15 is 0 Å². The molecule has 0 fully saturated rings. The highest BCUT2D eigenvalue weighted by atomic mass is 35.5. The molecular weight excluding hydrogens is 315 g/mol. The molecule has 1 unspecified atom stereocenters. The Balaban J connectivity index is 2.64. The van der Waals surface area contributed by atoms with E-state index in [1.54, 1.807) is 31.4 Å². The standard InChI is InChI=1S/C14H18ClFN2O2S/c1-9(15)13-17-11-7-10(16)5-6-12(11)18(13)8-14(2,3)21(4,19)20/h5-7,9H,8H2,1-4H3. The molecule has 0 bridgehead atoms. The molecule has 1 atom stereocenters. The molecule has 4 nitrogen and oxygen atoms in total. The molecule has 0 saturated heterocycles. The predicted octanol–water partition coefficient (Wildman–Crippen LogP) is 3.30. The Bertz CT molecular complexity index is 782. The fourth-order valence-corrected chi connectivity index (χ4v) is 2.62. The van der Waals surface area contributed by atoms with Crippen molar-refractivity contribution in [3.8, 4) is 0 Å². The van der Waals surface area contributed by atoms with Crippen molar-refractivity contribution in [2.45, 2.75) is 37.4 Å². The third-order valence-corrected chi connectivity index (χ3v) is 5.97. The predicted molar refractivity (Wildman–Crippen MR) is 82.9 cm³/mol. The second-order valence-electron chi connectivity index (χ2n) is 5.84. The van der Waals surface area contributed by atoms with E-state index in [-0.39, 0.29) is 12.4 Å². The van der Waals surface area contributed by atoms with Crippen molar-refractivity contribution in [2.24, 2.45) is 0 Å². The molecule has 1 aromatic heterocycles. The lowest BCUT2D eigenvalue weighted by Gasteiger charge is -2.25. The SMILES string of the molecule is CC(Cl)c1nc2cc(F)ccc2n1CC(C)(C)S(C)(=O)=O. The minimum atomic E-state index is -3.26. The minimum absolute atomic E-state index is 0.209. The van der Waals surface area contributed by atoms with Gasteiger partial charge in [-0.25, -0.2) is 17.8 Å². The lowest BCUT2D eigenvalue weighted by atomic mass is 10.2. The van der Waals surface area contributed by atoms with Crippen LogP contribution in [-0.2, 0) is 16.4 Å². The molecule has 0 spiro atoms. The molecule has 0 saturated carbocycles. The second kappa shape index (κ2) is 5.25. The first-order valence-electron chi connectivity index (χ1n) is 6.52. The van der Waals surface area contributed by atoms with Crippen LogP contribution in [0.25, 0.3) is 11.0 Å². The highest BCUT2D eigenvalue weighted by Crippen LogP contribution is 2.28. The number of benzene rings is 1. The van der Waals surface area contributed by atoms with E-state index in [4.69, 9.17) is 11.6 Å². The lowest BCUT2D eigenvalue weighted by Crippen LogP contribution is -2.36. The number of fused-ring (bicyclic) bond motifs is 1. The lowest BCUT2D eigenvalue weighted by molar-refractivity contribution is 0.499. The number of sulfone groups is 1. The first kappa shape index (κ1) is 16.2. The van der Waals surface area contributed by atoms with Crippen LogP contribution in [0, 0.1) is 5.82 Å². The van der Waals surface area contributed by atoms with Crippen LogP contribution < -0.4 is 0 Å². The summed E-state index contributed by atoms with van der Waals surface area (Å²) in [6.45, 7) is 5.27. The van der Waals surface area contributed by atoms with Crippen molar-refractivity contribution in [1.29, 1.82) is 0 Å². The van der Waals surface area contributed by atoms with Gasteiger partial charge in [-0.2, -0.15) is 0 Å². The Kier molecular flexibility index (Phi) is 4.06. The van der Waals surface area contributed by atoms with Crippen LogP contribution in [0.15, 0.2) is 18.2 Å². The normalized spacial score (nSPS) is 14.6. The molecule has 1 aromatic carbocycles. The molecule has 2 rings (SSSR count). The van der Waals surface area contributed by atoms with Crippen molar-refractivity contribution in [3.05, 3.63) is 29.8 Å². The number of aromatic nitrogens is 2. The summed E-state index contributed by atoms with van der Waals surface area (Å²) in [5, 5.41) is -0.407. The molecule has 2 aromatic rings. The quantitative estimate of drug-likeness (QED) is 0.807. The zero-order valence-corrected chi connectivity index (χ0v) is 14.0. The van der Waals surface area contributed by atoms with Crippen molar-refractivity contribution >= 4 is 32.5 Å². The number of hydrogen-bond acceptors (Lipinski definition) is 3. The van der Waals surface area contributed by atoms with Gasteiger partial charge in [0.1, 0.15) is 11.6 Å². The van der Waals surface area contributed by atoms with Gasteiger partial charge in [0.15, 0.2) is 9.84 Å². The van der Waals surface area contributed by atoms with Gasteiger partial charge in [-0.05, 0) is 32.9 Å². The molecule has 0 aliphatic rings. The summed E-state index contributed by atoms with van der Waals surface area (Å²) in [5.41, 5.74) is 1.15. The maximum absolute atomic E-state index is 13.3. The van der Waals surface area contributed by atoms with E-state index in [9.17, 15) is 12.8 Å². The van der Waals surface area contributed by atoms with Crippen LogP contribution in [-0.4, -0.2) is 29.0 Å². The molecular formula is C14H18ClFN2O2S. The van der Waals surface area contributed by atoms with E-state index in [1.807, 2.05) is 0 Å². The average Bonchev–Trinajstić information content (AvgIpc) is 2.65. The Labute approximate surface area is 128 Å². The number of alkyl halides is 1. The van der Waals surface area contributed by atoms with Crippen molar-refractivity contribution in [2.75, 3.05) is 6.26 Å². The van der Waals surface area contributed by atoms with Gasteiger partial charge in [-0.3, -0.25) is 0 Å². The van der Waals surface area contributed by atoms with E-state index in [0.717, 1.165) is 0 Å². The second-order valence-corrected chi connectivity index (χ2v) is 9.14. The topological polar surface area (TPSA) is 52.0 Å². The largest absolute Gasteiger partial charge is 0.325 e. The molecule has 0 aliphatic heterocycles. The minimum Gasteiger partial charge on any atom is -0.325 e. The highest BCUT2D eigenvalue weighted by molar-refractivity contribution is 7.92. The van der Waals surface area contributed by atoms with Crippen molar-refractivity contribution in [1.82, 2.24) is 9.55 Å². The van der Waals surface area contributed by atoms with Crippen LogP contribution >= 0.6 is 11.6 Å². The van der Waals surface area contributed by atoms with E-state index in [0.29, 0.717) is 16.9 Å². The van der Waals surface area contributed by atoms with E-state index in [1.165, 1.54) is 18.4 Å². The van der Waals surface area contributed by atoms with Crippen molar-refractivity contribution in [3.63, 3.8) is 0 Å².